The molecule has 0 unspecified atom stereocenters. The molecule has 3 aromatic rings. The van der Waals surface area contributed by atoms with Gasteiger partial charge >= 0.3 is 0 Å². The maximum absolute atomic E-state index is 13.1. The minimum atomic E-state index is -0.0536. The van der Waals surface area contributed by atoms with E-state index in [1.165, 1.54) is 5.56 Å². The number of nitrogens with one attached hydrogen (secondary N) is 1. The maximum Gasteiger partial charge on any atom is 0.254 e. The molecule has 2 aromatic carbocycles. The lowest BCUT2D eigenvalue weighted by Gasteiger charge is -2.18. The SMILES string of the molecule is N[C@@H]1CN(C(=O)c2ccccc2-c2ncc[nH]2)C[C@H]1c1ccccc1. The van der Waals surface area contributed by atoms with E-state index in [1.54, 1.807) is 12.4 Å². The van der Waals surface area contributed by atoms with Crippen molar-refractivity contribution in [2.45, 2.75) is 12.0 Å². The number of rotatable bonds is 3. The molecular weight excluding hydrogens is 312 g/mol. The molecule has 5 nitrogen and oxygen atoms in total. The molecule has 3 N–H and O–H groups in total. The molecule has 1 aromatic heterocycles. The Bertz CT molecular complexity index is 860. The van der Waals surface area contributed by atoms with E-state index in [1.807, 2.05) is 47.4 Å². The fourth-order valence-corrected chi connectivity index (χ4v) is 3.51. The van der Waals surface area contributed by atoms with Gasteiger partial charge in [0.15, 0.2) is 0 Å². The average Bonchev–Trinajstić information content (AvgIpc) is 3.32. The smallest absolute Gasteiger partial charge is 0.254 e. The monoisotopic (exact) mass is 332 g/mol. The molecule has 0 spiro atoms. The Hall–Kier alpha value is -2.92. The number of H-pyrrole nitrogens is 1. The Morgan fingerprint density at radius 1 is 1.08 bits per heavy atom. The largest absolute Gasteiger partial charge is 0.345 e. The normalized spacial score (nSPS) is 20.0. The van der Waals surface area contributed by atoms with Gasteiger partial charge in [-0.15, -0.1) is 0 Å². The number of aromatic amines is 1. The first-order chi connectivity index (χ1) is 12.2. The summed E-state index contributed by atoms with van der Waals surface area (Å²) < 4.78 is 0. The van der Waals surface area contributed by atoms with Crippen LogP contribution in [0.15, 0.2) is 67.0 Å². The quantitative estimate of drug-likeness (QED) is 0.774. The number of hydrogen-bond acceptors (Lipinski definition) is 3. The third-order valence-corrected chi connectivity index (χ3v) is 4.79. The van der Waals surface area contributed by atoms with E-state index in [2.05, 4.69) is 22.1 Å². The van der Waals surface area contributed by atoms with Crippen LogP contribution in [0, 0.1) is 0 Å². The molecule has 1 fully saturated rings. The lowest BCUT2D eigenvalue weighted by molar-refractivity contribution is 0.0790. The highest BCUT2D eigenvalue weighted by molar-refractivity contribution is 6.00. The fourth-order valence-electron chi connectivity index (χ4n) is 3.51. The first-order valence-electron chi connectivity index (χ1n) is 8.42. The summed E-state index contributed by atoms with van der Waals surface area (Å²) in [7, 11) is 0. The minimum Gasteiger partial charge on any atom is -0.345 e. The van der Waals surface area contributed by atoms with Gasteiger partial charge in [-0.1, -0.05) is 48.5 Å². The van der Waals surface area contributed by atoms with E-state index < -0.39 is 0 Å². The van der Waals surface area contributed by atoms with Gasteiger partial charge in [0.05, 0.1) is 5.56 Å². The molecule has 5 heteroatoms. The Morgan fingerprint density at radius 3 is 2.60 bits per heavy atom. The van der Waals surface area contributed by atoms with Gasteiger partial charge in [0, 0.05) is 43.0 Å². The van der Waals surface area contributed by atoms with Crippen LogP contribution in [0.5, 0.6) is 0 Å². The van der Waals surface area contributed by atoms with E-state index in [4.69, 9.17) is 5.73 Å². The number of hydrogen-bond donors (Lipinski definition) is 2. The van der Waals surface area contributed by atoms with Gasteiger partial charge in [-0.05, 0) is 11.6 Å². The fraction of sp³-hybridized carbons (Fsp3) is 0.200. The number of likely N-dealkylation sites (tertiary alicyclic amines) is 1. The van der Waals surface area contributed by atoms with Gasteiger partial charge in [0.1, 0.15) is 5.82 Å². The van der Waals surface area contributed by atoms with Crippen LogP contribution < -0.4 is 5.73 Å². The van der Waals surface area contributed by atoms with Gasteiger partial charge in [-0.2, -0.15) is 0 Å². The van der Waals surface area contributed by atoms with E-state index >= 15 is 0 Å². The maximum atomic E-state index is 13.1. The summed E-state index contributed by atoms with van der Waals surface area (Å²) >= 11 is 0. The number of nitrogens with two attached hydrogens (primary N) is 1. The Labute approximate surface area is 146 Å². The van der Waals surface area contributed by atoms with Crippen molar-refractivity contribution in [3.05, 3.63) is 78.1 Å². The summed E-state index contributed by atoms with van der Waals surface area (Å²) in [5, 5.41) is 0. The molecule has 0 aliphatic carbocycles. The summed E-state index contributed by atoms with van der Waals surface area (Å²) in [5.74, 6) is 0.869. The predicted molar refractivity (Wildman–Crippen MR) is 97.1 cm³/mol. The summed E-state index contributed by atoms with van der Waals surface area (Å²) in [4.78, 5) is 22.3. The number of carbonyl (C=O) groups is 1. The average molecular weight is 332 g/mol. The van der Waals surface area contributed by atoms with Gasteiger partial charge in [0.2, 0.25) is 0 Å². The van der Waals surface area contributed by atoms with Crippen LogP contribution in [-0.4, -0.2) is 39.9 Å². The number of aromatic nitrogens is 2. The molecular formula is C20H20N4O. The van der Waals surface area contributed by atoms with Crippen LogP contribution >= 0.6 is 0 Å². The van der Waals surface area contributed by atoms with E-state index in [0.29, 0.717) is 24.5 Å². The van der Waals surface area contributed by atoms with Crippen molar-refractivity contribution in [1.82, 2.24) is 14.9 Å². The lowest BCUT2D eigenvalue weighted by Crippen LogP contribution is -2.32. The molecule has 0 radical (unpaired) electrons. The van der Waals surface area contributed by atoms with E-state index in [-0.39, 0.29) is 17.9 Å². The van der Waals surface area contributed by atoms with Crippen molar-refractivity contribution >= 4 is 5.91 Å². The molecule has 0 bridgehead atoms. The van der Waals surface area contributed by atoms with Crippen LogP contribution in [0.1, 0.15) is 21.8 Å². The number of imidazole rings is 1. The molecule has 2 atom stereocenters. The van der Waals surface area contributed by atoms with E-state index in [0.717, 1.165) is 5.56 Å². The van der Waals surface area contributed by atoms with Crippen molar-refractivity contribution in [2.24, 2.45) is 5.73 Å². The third kappa shape index (κ3) is 2.94. The number of carbonyl (C=O) groups excluding carboxylic acids is 1. The van der Waals surface area contributed by atoms with Crippen molar-refractivity contribution in [1.29, 1.82) is 0 Å². The summed E-state index contributed by atoms with van der Waals surface area (Å²) in [6.45, 7) is 1.20. The third-order valence-electron chi connectivity index (χ3n) is 4.79. The Morgan fingerprint density at radius 2 is 1.84 bits per heavy atom. The molecule has 25 heavy (non-hydrogen) atoms. The number of benzene rings is 2. The molecule has 1 aliphatic rings. The van der Waals surface area contributed by atoms with Crippen molar-refractivity contribution < 1.29 is 4.79 Å². The molecule has 4 rings (SSSR count). The summed E-state index contributed by atoms with van der Waals surface area (Å²) in [5.41, 5.74) is 8.99. The second kappa shape index (κ2) is 6.53. The van der Waals surface area contributed by atoms with Gasteiger partial charge in [-0.3, -0.25) is 4.79 Å². The second-order valence-electron chi connectivity index (χ2n) is 6.37. The number of nitrogens with zero attached hydrogens (tertiary/aromatic N) is 2. The van der Waals surface area contributed by atoms with Crippen LogP contribution in [0.4, 0.5) is 0 Å². The summed E-state index contributed by atoms with van der Waals surface area (Å²) in [6.07, 6.45) is 3.45. The molecule has 0 saturated carbocycles. The molecule has 1 aliphatic heterocycles. The molecule has 1 amide bonds. The van der Waals surface area contributed by atoms with Gasteiger partial charge < -0.3 is 15.6 Å². The molecule has 1 saturated heterocycles. The Kier molecular flexibility index (Phi) is 4.07. The number of amides is 1. The zero-order chi connectivity index (χ0) is 17.2. The van der Waals surface area contributed by atoms with E-state index in [9.17, 15) is 4.79 Å². The van der Waals surface area contributed by atoms with Crippen molar-refractivity contribution in [3.8, 4) is 11.4 Å². The highest BCUT2D eigenvalue weighted by Gasteiger charge is 2.34. The topological polar surface area (TPSA) is 75.0 Å². The van der Waals surface area contributed by atoms with Crippen molar-refractivity contribution in [3.63, 3.8) is 0 Å². The first-order valence-corrected chi connectivity index (χ1v) is 8.42. The van der Waals surface area contributed by atoms with Crippen LogP contribution in [-0.2, 0) is 0 Å². The van der Waals surface area contributed by atoms with Gasteiger partial charge in [-0.25, -0.2) is 4.98 Å². The predicted octanol–water partition coefficient (Wildman–Crippen LogP) is 2.64. The first kappa shape index (κ1) is 15.6. The van der Waals surface area contributed by atoms with Crippen LogP contribution in [0.25, 0.3) is 11.4 Å². The minimum absolute atomic E-state index is 0.000816. The highest BCUT2D eigenvalue weighted by Crippen LogP contribution is 2.29. The highest BCUT2D eigenvalue weighted by atomic mass is 16.2. The zero-order valence-electron chi connectivity index (χ0n) is 13.8. The standard InChI is InChI=1S/C20H20N4O/c21-18-13-24(12-17(18)14-6-2-1-3-7-14)20(25)16-9-5-4-8-15(16)19-22-10-11-23-19/h1-11,17-18H,12-13,21H2,(H,22,23)/t17-,18+/m0/s1. The van der Waals surface area contributed by atoms with Gasteiger partial charge in [0.25, 0.3) is 5.91 Å². The Balaban J connectivity index is 1.61. The lowest BCUT2D eigenvalue weighted by atomic mass is 9.95. The molecule has 126 valence electrons. The summed E-state index contributed by atoms with van der Waals surface area (Å²) in [6, 6.07) is 17.7. The van der Waals surface area contributed by atoms with Crippen LogP contribution in [0.2, 0.25) is 0 Å². The van der Waals surface area contributed by atoms with Crippen LogP contribution in [0.3, 0.4) is 0 Å². The zero-order valence-corrected chi connectivity index (χ0v) is 13.8. The van der Waals surface area contributed by atoms with Crippen molar-refractivity contribution in [2.75, 3.05) is 13.1 Å². The molecule has 2 heterocycles. The second-order valence-corrected chi connectivity index (χ2v) is 6.37.